The van der Waals surface area contributed by atoms with Crippen molar-refractivity contribution < 1.29 is 9.21 Å². The third-order valence-electron chi connectivity index (χ3n) is 3.37. The van der Waals surface area contributed by atoms with Gasteiger partial charge in [-0.15, -0.1) is 0 Å². The van der Waals surface area contributed by atoms with Gasteiger partial charge in [0, 0.05) is 19.0 Å². The summed E-state index contributed by atoms with van der Waals surface area (Å²) in [6.07, 6.45) is 4.89. The van der Waals surface area contributed by atoms with Crippen LogP contribution in [-0.2, 0) is 7.05 Å². The van der Waals surface area contributed by atoms with Gasteiger partial charge in [-0.1, -0.05) is 26.2 Å². The number of unbranched alkanes of at least 4 members (excludes halogenated alkanes) is 3. The number of carbonyl (C=O) groups is 1. The maximum atomic E-state index is 12.0. The molecule has 0 saturated carbocycles. The summed E-state index contributed by atoms with van der Waals surface area (Å²) in [5, 5.41) is 0. The van der Waals surface area contributed by atoms with E-state index >= 15 is 0 Å². The fraction of sp³-hybridized carbons (Fsp3) is 0.467. The molecule has 0 fully saturated rings. The Bertz CT molecular complexity index is 636. The second kappa shape index (κ2) is 5.87. The average Bonchev–Trinajstić information content (AvgIpc) is 2.69. The van der Waals surface area contributed by atoms with Gasteiger partial charge < -0.3 is 4.42 Å². The predicted molar refractivity (Wildman–Crippen MR) is 74.5 cm³/mol. The molecule has 0 spiro atoms. The normalized spacial score (nSPS) is 11.1. The minimum Gasteiger partial charge on any atom is -0.408 e. The van der Waals surface area contributed by atoms with E-state index in [1.165, 1.54) is 11.0 Å². The summed E-state index contributed by atoms with van der Waals surface area (Å²) in [6, 6.07) is 5.19. The summed E-state index contributed by atoms with van der Waals surface area (Å²) < 4.78 is 6.52. The van der Waals surface area contributed by atoms with Crippen molar-refractivity contribution in [3.63, 3.8) is 0 Å². The number of hydrogen-bond acceptors (Lipinski definition) is 3. The second-order valence-corrected chi connectivity index (χ2v) is 4.84. The fourth-order valence-corrected chi connectivity index (χ4v) is 2.16. The molecule has 0 atom stereocenters. The molecule has 0 amide bonds. The molecule has 2 rings (SSSR count). The molecule has 4 heteroatoms. The van der Waals surface area contributed by atoms with Gasteiger partial charge in [0.15, 0.2) is 11.4 Å². The molecule has 0 unspecified atom stereocenters. The molecule has 4 nitrogen and oxygen atoms in total. The quantitative estimate of drug-likeness (QED) is 0.592. The van der Waals surface area contributed by atoms with E-state index in [1.54, 1.807) is 25.2 Å². The molecular weight excluding hydrogens is 242 g/mol. The van der Waals surface area contributed by atoms with Crippen LogP contribution in [-0.4, -0.2) is 10.4 Å². The Balaban J connectivity index is 2.12. The molecule has 0 aliphatic heterocycles. The molecular formula is C15H19NO3. The van der Waals surface area contributed by atoms with E-state index in [1.807, 2.05) is 0 Å². The first-order valence-corrected chi connectivity index (χ1v) is 6.76. The van der Waals surface area contributed by atoms with E-state index in [0.29, 0.717) is 23.1 Å². The van der Waals surface area contributed by atoms with Crippen LogP contribution in [0.1, 0.15) is 49.4 Å². The average molecular weight is 261 g/mol. The van der Waals surface area contributed by atoms with Crippen molar-refractivity contribution in [1.29, 1.82) is 0 Å². The number of Topliss-reactive ketones (excluding diaryl/α,β-unsaturated/α-hetero) is 1. The molecule has 1 aromatic heterocycles. The van der Waals surface area contributed by atoms with Crippen molar-refractivity contribution in [2.24, 2.45) is 7.05 Å². The Morgan fingerprint density at radius 2 is 2.05 bits per heavy atom. The van der Waals surface area contributed by atoms with Crippen molar-refractivity contribution in [3.8, 4) is 0 Å². The summed E-state index contributed by atoms with van der Waals surface area (Å²) in [6.45, 7) is 2.15. The third kappa shape index (κ3) is 2.95. The van der Waals surface area contributed by atoms with Crippen LogP contribution in [0.5, 0.6) is 0 Å². The van der Waals surface area contributed by atoms with Gasteiger partial charge in [-0.25, -0.2) is 4.79 Å². The topological polar surface area (TPSA) is 52.2 Å². The van der Waals surface area contributed by atoms with Gasteiger partial charge in [0.2, 0.25) is 0 Å². The first-order valence-electron chi connectivity index (χ1n) is 6.76. The number of aromatic nitrogens is 1. The number of ketones is 1. The minimum absolute atomic E-state index is 0.115. The number of rotatable bonds is 6. The summed E-state index contributed by atoms with van der Waals surface area (Å²) in [7, 11) is 1.65. The lowest BCUT2D eigenvalue weighted by Gasteiger charge is -2.01. The molecule has 0 aliphatic rings. The van der Waals surface area contributed by atoms with Crippen LogP contribution in [0.2, 0.25) is 0 Å². The lowest BCUT2D eigenvalue weighted by atomic mass is 10.0. The van der Waals surface area contributed by atoms with Crippen LogP contribution in [0.4, 0.5) is 0 Å². The highest BCUT2D eigenvalue weighted by Gasteiger charge is 2.10. The molecule has 0 saturated heterocycles. The van der Waals surface area contributed by atoms with Crippen molar-refractivity contribution in [1.82, 2.24) is 4.57 Å². The molecule has 0 bridgehead atoms. The van der Waals surface area contributed by atoms with Gasteiger partial charge in [0.25, 0.3) is 0 Å². The van der Waals surface area contributed by atoms with Gasteiger partial charge in [0.05, 0.1) is 5.52 Å². The number of oxazole rings is 1. The number of fused-ring (bicyclic) bond motifs is 1. The number of carbonyl (C=O) groups excluding carboxylic acids is 1. The molecule has 1 aromatic carbocycles. The monoisotopic (exact) mass is 261 g/mol. The van der Waals surface area contributed by atoms with E-state index in [2.05, 4.69) is 6.92 Å². The zero-order chi connectivity index (χ0) is 13.8. The SMILES string of the molecule is CCCCCCC(=O)c1ccc2c(c1)oc(=O)n2C. The predicted octanol–water partition coefficient (Wildman–Crippen LogP) is 3.28. The van der Waals surface area contributed by atoms with Crippen LogP contribution in [0.3, 0.4) is 0 Å². The number of nitrogens with zero attached hydrogens (tertiary/aromatic N) is 1. The standard InChI is InChI=1S/C15H19NO3/c1-3-4-5-6-7-13(17)11-8-9-12-14(10-11)19-15(18)16(12)2/h8-10H,3-7H2,1-2H3. The van der Waals surface area contributed by atoms with Crippen molar-refractivity contribution in [2.45, 2.75) is 39.0 Å². The van der Waals surface area contributed by atoms with Crippen LogP contribution < -0.4 is 5.76 Å². The second-order valence-electron chi connectivity index (χ2n) is 4.84. The molecule has 0 aliphatic carbocycles. The lowest BCUT2D eigenvalue weighted by Crippen LogP contribution is -2.08. The number of aryl methyl sites for hydroxylation is 1. The van der Waals surface area contributed by atoms with Crippen LogP contribution in [0.25, 0.3) is 11.1 Å². The van der Waals surface area contributed by atoms with Gasteiger partial charge in [-0.2, -0.15) is 0 Å². The van der Waals surface area contributed by atoms with E-state index in [4.69, 9.17) is 4.42 Å². The van der Waals surface area contributed by atoms with E-state index in [9.17, 15) is 9.59 Å². The van der Waals surface area contributed by atoms with Gasteiger partial charge in [-0.05, 0) is 24.6 Å². The molecule has 0 N–H and O–H groups in total. The lowest BCUT2D eigenvalue weighted by molar-refractivity contribution is 0.0979. The van der Waals surface area contributed by atoms with Gasteiger partial charge in [0.1, 0.15) is 0 Å². The number of hydrogen-bond donors (Lipinski definition) is 0. The Kier molecular flexibility index (Phi) is 4.20. The zero-order valence-electron chi connectivity index (χ0n) is 11.4. The van der Waals surface area contributed by atoms with Crippen LogP contribution in [0.15, 0.2) is 27.4 Å². The largest absolute Gasteiger partial charge is 0.419 e. The van der Waals surface area contributed by atoms with Crippen LogP contribution >= 0.6 is 0 Å². The first-order chi connectivity index (χ1) is 9.13. The highest BCUT2D eigenvalue weighted by Crippen LogP contribution is 2.16. The minimum atomic E-state index is -0.400. The van der Waals surface area contributed by atoms with E-state index in [0.717, 1.165) is 19.3 Å². The highest BCUT2D eigenvalue weighted by atomic mass is 16.4. The van der Waals surface area contributed by atoms with E-state index < -0.39 is 5.76 Å². The summed E-state index contributed by atoms with van der Waals surface area (Å²) in [5.74, 6) is -0.285. The molecule has 102 valence electrons. The van der Waals surface area contributed by atoms with Crippen molar-refractivity contribution in [2.75, 3.05) is 0 Å². The molecule has 19 heavy (non-hydrogen) atoms. The fourth-order valence-electron chi connectivity index (χ4n) is 2.16. The van der Waals surface area contributed by atoms with Crippen molar-refractivity contribution in [3.05, 3.63) is 34.3 Å². The van der Waals surface area contributed by atoms with E-state index in [-0.39, 0.29) is 5.78 Å². The van der Waals surface area contributed by atoms with Crippen LogP contribution in [0, 0.1) is 0 Å². The van der Waals surface area contributed by atoms with Crippen molar-refractivity contribution >= 4 is 16.9 Å². The van der Waals surface area contributed by atoms with Gasteiger partial charge in [-0.3, -0.25) is 9.36 Å². The molecule has 1 heterocycles. The number of benzene rings is 1. The summed E-state index contributed by atoms with van der Waals surface area (Å²) in [4.78, 5) is 23.4. The molecule has 2 aromatic rings. The zero-order valence-corrected chi connectivity index (χ0v) is 11.4. The molecule has 0 radical (unpaired) electrons. The smallest absolute Gasteiger partial charge is 0.408 e. The van der Waals surface area contributed by atoms with Gasteiger partial charge >= 0.3 is 5.76 Å². The third-order valence-corrected chi connectivity index (χ3v) is 3.37. The Morgan fingerprint density at radius 1 is 1.26 bits per heavy atom. The highest BCUT2D eigenvalue weighted by molar-refractivity contribution is 5.98. The Hall–Kier alpha value is -1.84. The maximum absolute atomic E-state index is 12.0. The Labute approximate surface area is 112 Å². The summed E-state index contributed by atoms with van der Waals surface area (Å²) >= 11 is 0. The summed E-state index contributed by atoms with van der Waals surface area (Å²) in [5.41, 5.74) is 1.82. The maximum Gasteiger partial charge on any atom is 0.419 e. The Morgan fingerprint density at radius 3 is 2.79 bits per heavy atom. The first kappa shape index (κ1) is 13.6.